The molecule has 0 aliphatic heterocycles. The molecular formula is C8H15N3O3S. The molecule has 1 heterocycles. The zero-order chi connectivity index (χ0) is 11.5. The summed E-state index contributed by atoms with van der Waals surface area (Å²) < 4.78 is 25.7. The molecule has 0 amide bonds. The van der Waals surface area contributed by atoms with Crippen molar-refractivity contribution in [2.75, 3.05) is 6.54 Å². The molecule has 3 N–H and O–H groups in total. The SMILES string of the molecule is Cc1[nH]ncc1S(=O)(=O)NCCC(C)O. The molecular weight excluding hydrogens is 218 g/mol. The average molecular weight is 233 g/mol. The smallest absolute Gasteiger partial charge is 0.243 e. The highest BCUT2D eigenvalue weighted by Gasteiger charge is 2.17. The van der Waals surface area contributed by atoms with Crippen molar-refractivity contribution in [2.24, 2.45) is 0 Å². The van der Waals surface area contributed by atoms with Gasteiger partial charge in [0, 0.05) is 6.54 Å². The van der Waals surface area contributed by atoms with Crippen LogP contribution in [0.3, 0.4) is 0 Å². The van der Waals surface area contributed by atoms with Crippen LogP contribution in [-0.2, 0) is 10.0 Å². The van der Waals surface area contributed by atoms with Crippen molar-refractivity contribution in [2.45, 2.75) is 31.3 Å². The molecule has 1 aromatic rings. The molecule has 0 saturated heterocycles. The van der Waals surface area contributed by atoms with Crippen LogP contribution in [0, 0.1) is 6.92 Å². The molecule has 0 aliphatic rings. The van der Waals surface area contributed by atoms with Gasteiger partial charge in [0.05, 0.1) is 18.0 Å². The van der Waals surface area contributed by atoms with Crippen LogP contribution >= 0.6 is 0 Å². The molecule has 0 bridgehead atoms. The Morgan fingerprint density at radius 2 is 2.33 bits per heavy atom. The average Bonchev–Trinajstić information content (AvgIpc) is 2.50. The van der Waals surface area contributed by atoms with Gasteiger partial charge in [-0.2, -0.15) is 5.10 Å². The van der Waals surface area contributed by atoms with Crippen LogP contribution in [-0.4, -0.2) is 36.4 Å². The van der Waals surface area contributed by atoms with Crippen molar-refractivity contribution in [1.29, 1.82) is 0 Å². The second kappa shape index (κ2) is 4.73. The highest BCUT2D eigenvalue weighted by Crippen LogP contribution is 2.10. The molecule has 0 saturated carbocycles. The molecule has 86 valence electrons. The normalized spacial score (nSPS) is 14.1. The topological polar surface area (TPSA) is 95.1 Å². The van der Waals surface area contributed by atoms with Gasteiger partial charge in [0.1, 0.15) is 4.90 Å². The first kappa shape index (κ1) is 12.2. The number of nitrogens with one attached hydrogen (secondary N) is 2. The first-order chi connectivity index (χ1) is 6.93. The van der Waals surface area contributed by atoms with Crippen molar-refractivity contribution < 1.29 is 13.5 Å². The summed E-state index contributed by atoms with van der Waals surface area (Å²) in [4.78, 5) is 0.146. The molecule has 0 aliphatic carbocycles. The van der Waals surface area contributed by atoms with E-state index in [-0.39, 0.29) is 11.4 Å². The van der Waals surface area contributed by atoms with Gasteiger partial charge in [-0.3, -0.25) is 5.10 Å². The fourth-order valence-electron chi connectivity index (χ4n) is 1.09. The molecule has 1 rings (SSSR count). The van der Waals surface area contributed by atoms with Crippen LogP contribution in [0.2, 0.25) is 0 Å². The van der Waals surface area contributed by atoms with E-state index in [0.717, 1.165) is 0 Å². The Hall–Kier alpha value is -0.920. The summed E-state index contributed by atoms with van der Waals surface area (Å²) in [6.45, 7) is 3.46. The molecule has 1 atom stereocenters. The number of rotatable bonds is 5. The largest absolute Gasteiger partial charge is 0.393 e. The molecule has 1 aromatic heterocycles. The molecule has 0 spiro atoms. The first-order valence-electron chi connectivity index (χ1n) is 4.61. The van der Waals surface area contributed by atoms with Crippen molar-refractivity contribution in [3.05, 3.63) is 11.9 Å². The van der Waals surface area contributed by atoms with Crippen LogP contribution in [0.5, 0.6) is 0 Å². The van der Waals surface area contributed by atoms with E-state index in [1.54, 1.807) is 13.8 Å². The predicted molar refractivity (Wildman–Crippen MR) is 54.8 cm³/mol. The summed E-state index contributed by atoms with van der Waals surface area (Å²) in [6.07, 6.45) is 1.13. The van der Waals surface area contributed by atoms with E-state index in [1.807, 2.05) is 0 Å². The second-order valence-electron chi connectivity index (χ2n) is 3.39. The van der Waals surface area contributed by atoms with Gasteiger partial charge in [0.25, 0.3) is 0 Å². The molecule has 7 heteroatoms. The lowest BCUT2D eigenvalue weighted by molar-refractivity contribution is 0.186. The van der Waals surface area contributed by atoms with Crippen molar-refractivity contribution in [1.82, 2.24) is 14.9 Å². The number of aryl methyl sites for hydroxylation is 1. The molecule has 0 fully saturated rings. The van der Waals surface area contributed by atoms with E-state index < -0.39 is 16.1 Å². The lowest BCUT2D eigenvalue weighted by Crippen LogP contribution is -2.26. The second-order valence-corrected chi connectivity index (χ2v) is 5.13. The summed E-state index contributed by atoms with van der Waals surface area (Å²) in [5.74, 6) is 0. The van der Waals surface area contributed by atoms with Crippen LogP contribution in [0.25, 0.3) is 0 Å². The van der Waals surface area contributed by atoms with E-state index in [4.69, 9.17) is 5.11 Å². The summed E-state index contributed by atoms with van der Waals surface area (Å²) in [6, 6.07) is 0. The van der Waals surface area contributed by atoms with Gasteiger partial charge < -0.3 is 5.11 Å². The van der Waals surface area contributed by atoms with E-state index in [1.165, 1.54) is 6.20 Å². The summed E-state index contributed by atoms with van der Waals surface area (Å²) in [5.41, 5.74) is 0.500. The third-order valence-corrected chi connectivity index (χ3v) is 3.50. The summed E-state index contributed by atoms with van der Waals surface area (Å²) in [7, 11) is -3.50. The van der Waals surface area contributed by atoms with E-state index in [9.17, 15) is 8.42 Å². The van der Waals surface area contributed by atoms with Crippen LogP contribution in [0.4, 0.5) is 0 Å². The van der Waals surface area contributed by atoms with E-state index in [2.05, 4.69) is 14.9 Å². The molecule has 0 radical (unpaired) electrons. The Morgan fingerprint density at radius 3 is 2.80 bits per heavy atom. The van der Waals surface area contributed by atoms with Gasteiger partial charge in [-0.1, -0.05) is 0 Å². The number of aliphatic hydroxyl groups excluding tert-OH is 1. The quantitative estimate of drug-likeness (QED) is 0.654. The Labute approximate surface area is 88.8 Å². The first-order valence-corrected chi connectivity index (χ1v) is 6.09. The van der Waals surface area contributed by atoms with Crippen molar-refractivity contribution >= 4 is 10.0 Å². The van der Waals surface area contributed by atoms with Gasteiger partial charge in [-0.25, -0.2) is 13.1 Å². The van der Waals surface area contributed by atoms with Gasteiger partial charge in [0.2, 0.25) is 10.0 Å². The van der Waals surface area contributed by atoms with Crippen LogP contribution < -0.4 is 4.72 Å². The summed E-state index contributed by atoms with van der Waals surface area (Å²) >= 11 is 0. The van der Waals surface area contributed by atoms with Crippen LogP contribution in [0.1, 0.15) is 19.0 Å². The fraction of sp³-hybridized carbons (Fsp3) is 0.625. The minimum atomic E-state index is -3.50. The lowest BCUT2D eigenvalue weighted by atomic mass is 10.3. The minimum absolute atomic E-state index is 0.146. The van der Waals surface area contributed by atoms with Gasteiger partial charge in [0.15, 0.2) is 0 Å². The van der Waals surface area contributed by atoms with Gasteiger partial charge in [-0.05, 0) is 20.3 Å². The monoisotopic (exact) mass is 233 g/mol. The fourth-order valence-corrected chi connectivity index (χ4v) is 2.27. The molecule has 6 nitrogen and oxygen atoms in total. The molecule has 0 aromatic carbocycles. The maximum atomic E-state index is 11.6. The Balaban J connectivity index is 2.65. The standard InChI is InChI=1S/C8H15N3O3S/c1-6(12)3-4-10-15(13,14)8-5-9-11-7(8)2/h5-6,10,12H,3-4H2,1-2H3,(H,9,11). The molecule has 1 unspecified atom stereocenters. The number of hydrogen-bond donors (Lipinski definition) is 3. The number of aliphatic hydroxyl groups is 1. The predicted octanol–water partition coefficient (Wildman–Crippen LogP) is -0.233. The van der Waals surface area contributed by atoms with E-state index in [0.29, 0.717) is 12.1 Å². The Morgan fingerprint density at radius 1 is 1.67 bits per heavy atom. The third-order valence-electron chi connectivity index (χ3n) is 1.93. The maximum absolute atomic E-state index is 11.6. The summed E-state index contributed by atoms with van der Waals surface area (Å²) in [5, 5.41) is 15.2. The lowest BCUT2D eigenvalue weighted by Gasteiger charge is -2.06. The Kier molecular flexibility index (Phi) is 3.83. The van der Waals surface area contributed by atoms with Gasteiger partial charge in [-0.15, -0.1) is 0 Å². The minimum Gasteiger partial charge on any atom is -0.393 e. The number of nitrogens with zero attached hydrogens (tertiary/aromatic N) is 1. The highest BCUT2D eigenvalue weighted by molar-refractivity contribution is 7.89. The van der Waals surface area contributed by atoms with Crippen molar-refractivity contribution in [3.8, 4) is 0 Å². The van der Waals surface area contributed by atoms with Crippen molar-refractivity contribution in [3.63, 3.8) is 0 Å². The zero-order valence-electron chi connectivity index (χ0n) is 8.69. The van der Waals surface area contributed by atoms with E-state index >= 15 is 0 Å². The molecule has 15 heavy (non-hydrogen) atoms. The number of aromatic amines is 1. The number of sulfonamides is 1. The maximum Gasteiger partial charge on any atom is 0.243 e. The number of aromatic nitrogens is 2. The zero-order valence-corrected chi connectivity index (χ0v) is 9.50. The van der Waals surface area contributed by atoms with Gasteiger partial charge >= 0.3 is 0 Å². The Bertz CT molecular complexity index is 411. The third kappa shape index (κ3) is 3.29. The number of hydrogen-bond acceptors (Lipinski definition) is 4. The number of H-pyrrole nitrogens is 1. The van der Waals surface area contributed by atoms with Crippen LogP contribution in [0.15, 0.2) is 11.1 Å². The highest BCUT2D eigenvalue weighted by atomic mass is 32.2.